The van der Waals surface area contributed by atoms with Crippen LogP contribution in [0.4, 0.5) is 0 Å². The second kappa shape index (κ2) is 16.0. The third-order valence-corrected chi connectivity index (χ3v) is 1.29. The van der Waals surface area contributed by atoms with Crippen molar-refractivity contribution < 1.29 is 46.0 Å². The van der Waals surface area contributed by atoms with Crippen molar-refractivity contribution in [1.29, 1.82) is 0 Å². The summed E-state index contributed by atoms with van der Waals surface area (Å²) in [6.45, 7) is 7.73. The van der Waals surface area contributed by atoms with Crippen LogP contribution < -0.4 is 18.9 Å². The first kappa shape index (κ1) is 20.0. The molecule has 1 rings (SSSR count). The largest absolute Gasteiger partial charge is 1.00 e. The van der Waals surface area contributed by atoms with Crippen LogP contribution in [0.5, 0.6) is 0 Å². The molecule has 1 aromatic carbocycles. The zero-order chi connectivity index (χ0) is 9.23. The number of aryl methyl sites for hydroxylation is 1. The van der Waals surface area contributed by atoms with Crippen molar-refractivity contribution in [2.45, 2.75) is 20.8 Å². The van der Waals surface area contributed by atoms with Gasteiger partial charge in [-0.2, -0.15) is 35.9 Å². The topological polar surface area (TPSA) is 9.23 Å². The molecular formula is C11H17AuLiO. The van der Waals surface area contributed by atoms with E-state index in [0.717, 1.165) is 13.2 Å². The van der Waals surface area contributed by atoms with E-state index in [1.807, 2.05) is 38.1 Å². The maximum Gasteiger partial charge on any atom is 1.00 e. The average molecular weight is 369 g/mol. The smallest absolute Gasteiger partial charge is 0.382 e. The van der Waals surface area contributed by atoms with Gasteiger partial charge in [0.25, 0.3) is 0 Å². The number of hydrogen-bond acceptors (Lipinski definition) is 1. The van der Waals surface area contributed by atoms with Gasteiger partial charge in [-0.1, -0.05) is 6.92 Å². The van der Waals surface area contributed by atoms with Crippen LogP contribution in [-0.4, -0.2) is 13.2 Å². The summed E-state index contributed by atoms with van der Waals surface area (Å²) in [5.41, 5.74) is 1.29. The molecule has 1 aromatic rings. The monoisotopic (exact) mass is 369 g/mol. The molecule has 1 nitrogen and oxygen atoms in total. The van der Waals surface area contributed by atoms with Gasteiger partial charge in [0, 0.05) is 35.6 Å². The zero-order valence-electron chi connectivity index (χ0n) is 9.43. The van der Waals surface area contributed by atoms with Crippen LogP contribution in [0, 0.1) is 13.0 Å². The van der Waals surface area contributed by atoms with E-state index in [-0.39, 0.29) is 41.2 Å². The van der Waals surface area contributed by atoms with E-state index in [1.165, 1.54) is 5.56 Å². The fourth-order valence-corrected chi connectivity index (χ4v) is 0.674. The van der Waals surface area contributed by atoms with E-state index in [4.69, 9.17) is 4.74 Å². The summed E-state index contributed by atoms with van der Waals surface area (Å²) >= 11 is 0. The van der Waals surface area contributed by atoms with Crippen LogP contribution in [-0.2, 0) is 27.1 Å². The van der Waals surface area contributed by atoms with Gasteiger partial charge in [0.15, 0.2) is 0 Å². The summed E-state index contributed by atoms with van der Waals surface area (Å²) in [5, 5.41) is 0. The van der Waals surface area contributed by atoms with E-state index in [1.54, 1.807) is 0 Å². The van der Waals surface area contributed by atoms with Crippen LogP contribution in [0.1, 0.15) is 19.4 Å². The maximum absolute atomic E-state index is 4.83. The minimum atomic E-state index is 0. The van der Waals surface area contributed by atoms with Crippen molar-refractivity contribution >= 4 is 0 Å². The van der Waals surface area contributed by atoms with Gasteiger partial charge in [-0.05, 0) is 13.8 Å². The third-order valence-electron chi connectivity index (χ3n) is 1.29. The Balaban J connectivity index is -0.000000159. The van der Waals surface area contributed by atoms with Gasteiger partial charge in [-0.3, -0.25) is 0 Å². The SMILES string of the molecule is CCOCC.Cc1cc[c-]cc1.[Au].[Li+]. The fourth-order valence-electron chi connectivity index (χ4n) is 0.674. The molecule has 0 saturated heterocycles. The molecule has 0 bridgehead atoms. The summed E-state index contributed by atoms with van der Waals surface area (Å²) in [6, 6.07) is 10.8. The molecule has 0 saturated carbocycles. The Bertz CT molecular complexity index is 178. The number of ether oxygens (including phenoxy) is 1. The molecule has 14 heavy (non-hydrogen) atoms. The predicted molar refractivity (Wildman–Crippen MR) is 52.2 cm³/mol. The molecule has 3 heteroatoms. The third kappa shape index (κ3) is 15.0. The van der Waals surface area contributed by atoms with Gasteiger partial charge < -0.3 is 4.74 Å². The molecule has 0 aliphatic heterocycles. The van der Waals surface area contributed by atoms with Gasteiger partial charge in [-0.25, -0.2) is 0 Å². The zero-order valence-corrected chi connectivity index (χ0v) is 11.6. The fraction of sp³-hybridized carbons (Fsp3) is 0.455. The first-order valence-electron chi connectivity index (χ1n) is 4.31. The Hall–Kier alpha value is 0.518. The molecule has 79 valence electrons. The van der Waals surface area contributed by atoms with Crippen molar-refractivity contribution in [2.24, 2.45) is 0 Å². The number of rotatable bonds is 2. The molecule has 0 atom stereocenters. The van der Waals surface area contributed by atoms with Gasteiger partial charge in [-0.15, -0.1) is 0 Å². The minimum absolute atomic E-state index is 0. The van der Waals surface area contributed by atoms with Crippen molar-refractivity contribution in [2.75, 3.05) is 13.2 Å². The van der Waals surface area contributed by atoms with Gasteiger partial charge >= 0.3 is 18.9 Å². The number of hydrogen-bond donors (Lipinski definition) is 0. The van der Waals surface area contributed by atoms with E-state index >= 15 is 0 Å². The molecular weight excluding hydrogens is 352 g/mol. The Morgan fingerprint density at radius 2 is 1.57 bits per heavy atom. The van der Waals surface area contributed by atoms with Crippen molar-refractivity contribution in [3.8, 4) is 0 Å². The molecule has 0 N–H and O–H groups in total. The first-order valence-corrected chi connectivity index (χ1v) is 4.31. The van der Waals surface area contributed by atoms with Gasteiger partial charge in [0.2, 0.25) is 0 Å². The average Bonchev–Trinajstić information content (AvgIpc) is 2.08. The molecule has 0 amide bonds. The summed E-state index contributed by atoms with van der Waals surface area (Å²) in [7, 11) is 0. The molecule has 0 aliphatic carbocycles. The molecule has 1 radical (unpaired) electrons. The van der Waals surface area contributed by atoms with Gasteiger partial charge in [0.05, 0.1) is 0 Å². The minimum Gasteiger partial charge on any atom is -0.382 e. The molecule has 0 fully saturated rings. The summed E-state index contributed by atoms with van der Waals surface area (Å²) in [4.78, 5) is 0. The van der Waals surface area contributed by atoms with Crippen LogP contribution in [0.25, 0.3) is 0 Å². The summed E-state index contributed by atoms with van der Waals surface area (Å²) in [5.74, 6) is 0. The molecule has 0 aliphatic rings. The van der Waals surface area contributed by atoms with Crippen LogP contribution in [0.2, 0.25) is 0 Å². The van der Waals surface area contributed by atoms with Crippen molar-refractivity contribution in [3.63, 3.8) is 0 Å². The Morgan fingerprint density at radius 3 is 1.71 bits per heavy atom. The van der Waals surface area contributed by atoms with E-state index in [2.05, 4.69) is 13.0 Å². The van der Waals surface area contributed by atoms with E-state index in [9.17, 15) is 0 Å². The maximum atomic E-state index is 4.83. The van der Waals surface area contributed by atoms with Crippen LogP contribution >= 0.6 is 0 Å². The summed E-state index contributed by atoms with van der Waals surface area (Å²) in [6.07, 6.45) is 0. The second-order valence-electron chi connectivity index (χ2n) is 2.36. The molecule has 0 unspecified atom stereocenters. The summed E-state index contributed by atoms with van der Waals surface area (Å²) < 4.78 is 4.83. The van der Waals surface area contributed by atoms with Crippen molar-refractivity contribution in [1.82, 2.24) is 0 Å². The molecule has 0 heterocycles. The quantitative estimate of drug-likeness (QED) is 0.520. The van der Waals surface area contributed by atoms with Gasteiger partial charge in [0.1, 0.15) is 0 Å². The van der Waals surface area contributed by atoms with E-state index in [0.29, 0.717) is 0 Å². The van der Waals surface area contributed by atoms with E-state index < -0.39 is 0 Å². The van der Waals surface area contributed by atoms with Crippen molar-refractivity contribution in [3.05, 3.63) is 35.9 Å². The Kier molecular flexibility index (Phi) is 22.8. The molecule has 0 aromatic heterocycles. The Morgan fingerprint density at radius 1 is 1.14 bits per heavy atom. The van der Waals surface area contributed by atoms with Crippen LogP contribution in [0.3, 0.4) is 0 Å². The number of benzene rings is 1. The second-order valence-corrected chi connectivity index (χ2v) is 2.36. The predicted octanol–water partition coefficient (Wildman–Crippen LogP) is -0.160. The van der Waals surface area contributed by atoms with Crippen LogP contribution in [0.15, 0.2) is 24.3 Å². The molecule has 0 spiro atoms. The first-order chi connectivity index (χ1) is 5.81. The normalized spacial score (nSPS) is 7.36. The standard InChI is InChI=1S/C7H7.C4H10O.Au.Li/c1-7-5-3-2-4-6-7;1-3-5-4-2;;/h3-6H,1H3;3-4H2,1-2H3;;/q-1;;;+1. The Labute approximate surface area is 115 Å².